The number of hydrogen-bond acceptors (Lipinski definition) is 0. The van der Waals surface area contributed by atoms with Crippen LogP contribution in [0.4, 0.5) is 0 Å². The van der Waals surface area contributed by atoms with Crippen LogP contribution in [0.1, 0.15) is 5.69 Å². The number of hydrogen-bond donors (Lipinski definition) is 0. The number of rotatable bonds is 0. The van der Waals surface area contributed by atoms with E-state index in [1.54, 1.807) is 0 Å². The molecule has 0 aliphatic heterocycles. The van der Waals surface area contributed by atoms with E-state index in [-0.39, 0.29) is 0 Å². The highest BCUT2D eigenvalue weighted by Crippen LogP contribution is 2.26. The van der Waals surface area contributed by atoms with Crippen molar-refractivity contribution in [3.63, 3.8) is 0 Å². The molecule has 0 aliphatic rings. The van der Waals surface area contributed by atoms with Gasteiger partial charge in [0.1, 0.15) is 5.38 Å². The molecule has 13 heavy (non-hydrogen) atoms. The summed E-state index contributed by atoms with van der Waals surface area (Å²) in [5, 5.41) is 3.59. The Labute approximate surface area is 80.2 Å². The molecular weight excluding hydrogens is 178 g/mol. The summed E-state index contributed by atoms with van der Waals surface area (Å²) in [5.41, 5.74) is 2.65. The molecule has 64 valence electrons. The Kier molecular flexibility index (Phi) is 1.30. The van der Waals surface area contributed by atoms with Gasteiger partial charge in [0.15, 0.2) is 4.70 Å². The molecule has 0 saturated heterocycles. The normalized spacial score (nSPS) is 11.5. The summed E-state index contributed by atoms with van der Waals surface area (Å²) in [6.45, 7) is 2.19. The van der Waals surface area contributed by atoms with Gasteiger partial charge in [-0.2, -0.15) is 0 Å². The average molecular weight is 188 g/mol. The molecule has 0 aromatic carbocycles. The number of aromatic nitrogens is 1. The van der Waals surface area contributed by atoms with Gasteiger partial charge >= 0.3 is 0 Å². The predicted octanol–water partition coefficient (Wildman–Crippen LogP) is 3.19. The predicted molar refractivity (Wildman–Crippen MR) is 58.9 cm³/mol. The van der Waals surface area contributed by atoms with Crippen LogP contribution >= 0.6 is 11.3 Å². The highest BCUT2D eigenvalue weighted by atomic mass is 32.1. The second-order valence-electron chi connectivity index (χ2n) is 3.28. The summed E-state index contributed by atoms with van der Waals surface area (Å²) in [4.78, 5) is 0. The maximum absolute atomic E-state index is 2.25. The largest absolute Gasteiger partial charge is 0.316 e. The first kappa shape index (κ1) is 7.15. The molecular formula is C11H10NS+. The van der Waals surface area contributed by atoms with Gasteiger partial charge in [-0.15, -0.1) is 0 Å². The van der Waals surface area contributed by atoms with E-state index in [1.165, 1.54) is 32.6 Å². The third-order valence-electron chi connectivity index (χ3n) is 2.52. The second-order valence-corrected chi connectivity index (χ2v) is 4.29. The summed E-state index contributed by atoms with van der Waals surface area (Å²) in [6, 6.07) is 8.70. The minimum Gasteiger partial charge on any atom is -0.316 e. The molecule has 0 saturated carbocycles. The van der Waals surface area contributed by atoms with E-state index in [2.05, 4.69) is 47.2 Å². The van der Waals surface area contributed by atoms with Crippen molar-refractivity contribution in [2.45, 2.75) is 6.92 Å². The van der Waals surface area contributed by atoms with Crippen LogP contribution < -0.4 is 0 Å². The van der Waals surface area contributed by atoms with E-state index in [0.29, 0.717) is 0 Å². The standard InChI is InChI=1S/C11H9NS/c1-8-11-9(4-6-13-11)7-10-3-2-5-12(8)10/h2-7H,1H3/p+1. The van der Waals surface area contributed by atoms with Crippen molar-refractivity contribution in [3.8, 4) is 0 Å². The van der Waals surface area contributed by atoms with Crippen molar-refractivity contribution in [2.75, 3.05) is 0 Å². The van der Waals surface area contributed by atoms with E-state index in [4.69, 9.17) is 0 Å². The Morgan fingerprint density at radius 1 is 1.31 bits per heavy atom. The van der Waals surface area contributed by atoms with Gasteiger partial charge in [0.25, 0.3) is 0 Å². The molecule has 0 N–H and O–H groups in total. The van der Waals surface area contributed by atoms with Crippen molar-refractivity contribution in [2.24, 2.45) is 0 Å². The van der Waals surface area contributed by atoms with Crippen LogP contribution in [0.5, 0.6) is 0 Å². The van der Waals surface area contributed by atoms with Crippen LogP contribution in [0.15, 0.2) is 35.8 Å². The molecule has 1 nitrogen and oxygen atoms in total. The fraction of sp³-hybridized carbons (Fsp3) is 0.0909. The zero-order valence-electron chi connectivity index (χ0n) is 7.36. The van der Waals surface area contributed by atoms with Crippen LogP contribution in [0.2, 0.25) is 0 Å². The van der Waals surface area contributed by atoms with Crippen LogP contribution in [0.25, 0.3) is 15.6 Å². The van der Waals surface area contributed by atoms with Crippen molar-refractivity contribution in [1.82, 2.24) is 4.40 Å². The quantitative estimate of drug-likeness (QED) is 0.477. The Morgan fingerprint density at radius 3 is 3.15 bits per heavy atom. The van der Waals surface area contributed by atoms with Gasteiger partial charge in [0.05, 0.1) is 5.69 Å². The molecule has 0 amide bonds. The highest BCUT2D eigenvalue weighted by molar-refractivity contribution is 7.17. The molecule has 3 aromatic heterocycles. The fourth-order valence-corrected chi connectivity index (χ4v) is 2.82. The van der Waals surface area contributed by atoms with Crippen LogP contribution in [-0.2, 0) is 0 Å². The maximum Gasteiger partial charge on any atom is 0.197 e. The molecule has 0 atom stereocenters. The summed E-state index contributed by atoms with van der Waals surface area (Å²) in [6.07, 6.45) is 2.12. The lowest BCUT2D eigenvalue weighted by molar-refractivity contribution is 1.13. The van der Waals surface area contributed by atoms with Gasteiger partial charge in [-0.1, -0.05) is 0 Å². The van der Waals surface area contributed by atoms with Gasteiger partial charge in [-0.05, 0) is 36.5 Å². The van der Waals surface area contributed by atoms with Crippen molar-refractivity contribution >= 4 is 26.9 Å². The first-order valence-corrected chi connectivity index (χ1v) is 5.31. The molecule has 0 spiro atoms. The van der Waals surface area contributed by atoms with Crippen molar-refractivity contribution < 1.29 is 0 Å². The Morgan fingerprint density at radius 2 is 2.23 bits per heavy atom. The summed E-state index contributed by atoms with van der Waals surface area (Å²) in [5.74, 6) is 0. The van der Waals surface area contributed by atoms with Crippen molar-refractivity contribution in [1.29, 1.82) is 0 Å². The van der Waals surface area contributed by atoms with Crippen LogP contribution in [0.3, 0.4) is 0 Å². The maximum atomic E-state index is 2.25. The Hall–Kier alpha value is -1.28. The number of aryl methyl sites for hydroxylation is 1. The molecule has 3 aromatic rings. The van der Waals surface area contributed by atoms with E-state index in [0.717, 1.165) is 0 Å². The Balaban J connectivity index is 2.67. The molecule has 0 radical (unpaired) electrons. The van der Waals surface area contributed by atoms with Gasteiger partial charge in [0.2, 0.25) is 0 Å². The van der Waals surface area contributed by atoms with Crippen LogP contribution in [0, 0.1) is 6.92 Å². The lowest BCUT2D eigenvalue weighted by Gasteiger charge is -1.98. The van der Waals surface area contributed by atoms with Gasteiger partial charge in [-0.3, -0.25) is 0 Å². The van der Waals surface area contributed by atoms with Gasteiger partial charge < -0.3 is 4.40 Å². The molecule has 0 aliphatic carbocycles. The summed E-state index contributed by atoms with van der Waals surface area (Å²) in [7, 11) is 0. The minimum absolute atomic E-state index is 1.29. The molecule has 3 rings (SSSR count). The van der Waals surface area contributed by atoms with E-state index in [9.17, 15) is 0 Å². The lowest BCUT2D eigenvalue weighted by atomic mass is 10.2. The Bertz CT molecular complexity index is 525. The van der Waals surface area contributed by atoms with Crippen LogP contribution in [-0.4, -0.2) is 4.40 Å². The third kappa shape index (κ3) is 0.864. The first-order chi connectivity index (χ1) is 6.36. The zero-order valence-corrected chi connectivity index (χ0v) is 8.25. The summed E-state index contributed by atoms with van der Waals surface area (Å²) < 4.78 is 3.70. The van der Waals surface area contributed by atoms with E-state index < -0.39 is 0 Å². The first-order valence-electron chi connectivity index (χ1n) is 4.34. The lowest BCUT2D eigenvalue weighted by Crippen LogP contribution is -1.87. The van der Waals surface area contributed by atoms with Crippen molar-refractivity contribution in [3.05, 3.63) is 41.5 Å². The fourth-order valence-electron chi connectivity index (χ4n) is 1.85. The zero-order chi connectivity index (χ0) is 8.84. The number of fused-ring (bicyclic) bond motifs is 2. The van der Waals surface area contributed by atoms with E-state index in [1.807, 2.05) is 0 Å². The second kappa shape index (κ2) is 2.36. The smallest absolute Gasteiger partial charge is 0.197 e. The third-order valence-corrected chi connectivity index (χ3v) is 3.66. The average Bonchev–Trinajstić information content (AvgIpc) is 2.71. The monoisotopic (exact) mass is 188 g/mol. The molecule has 0 bridgehead atoms. The topological polar surface area (TPSA) is 4.41 Å². The number of thiophene rings is 1. The van der Waals surface area contributed by atoms with Gasteiger partial charge in [0, 0.05) is 23.2 Å². The molecule has 2 heteroatoms. The number of nitrogens with zero attached hydrogens (tertiary/aromatic N) is 1. The summed E-state index contributed by atoms with van der Waals surface area (Å²) >= 11 is 1.33. The highest BCUT2D eigenvalue weighted by Gasteiger charge is 2.08. The minimum atomic E-state index is 1.29. The SMILES string of the molecule is Cc1c2[sH+]ccc2cc2cccn12. The number of pyridine rings is 1. The van der Waals surface area contributed by atoms with Gasteiger partial charge in [-0.25, -0.2) is 0 Å². The molecule has 0 fully saturated rings. The molecule has 0 unspecified atom stereocenters. The molecule has 3 heterocycles. The van der Waals surface area contributed by atoms with E-state index >= 15 is 0 Å².